The summed E-state index contributed by atoms with van der Waals surface area (Å²) in [6.07, 6.45) is 1.78. The Morgan fingerprint density at radius 3 is 2.52 bits per heavy atom. The largest absolute Gasteiger partial charge is 0.327 e. The highest BCUT2D eigenvalue weighted by Gasteiger charge is 2.27. The lowest BCUT2D eigenvalue weighted by Gasteiger charge is -2.32. The van der Waals surface area contributed by atoms with E-state index in [1.54, 1.807) is 17.5 Å². The van der Waals surface area contributed by atoms with Crippen LogP contribution < -0.4 is 4.90 Å². The molecule has 1 aliphatic heterocycles. The number of rotatable bonds is 5. The molecule has 7 heteroatoms. The number of aryl methyl sites for hydroxylation is 1. The molecule has 1 saturated heterocycles. The molecule has 1 aromatic carbocycles. The van der Waals surface area contributed by atoms with Crippen LogP contribution in [0.4, 0.5) is 0 Å². The number of Topliss-reactive ketones (excluding diaryl/α,β-unsaturated/α-hetero) is 1. The van der Waals surface area contributed by atoms with Gasteiger partial charge in [-0.1, -0.05) is 18.2 Å². The monoisotopic (exact) mass is 409 g/mol. The molecule has 1 fully saturated rings. The average Bonchev–Trinajstić information content (AvgIpc) is 3.36. The fourth-order valence-electron chi connectivity index (χ4n) is 3.95. The summed E-state index contributed by atoms with van der Waals surface area (Å²) in [6, 6.07) is 11.3. The first-order valence-electron chi connectivity index (χ1n) is 9.84. The summed E-state index contributed by atoms with van der Waals surface area (Å²) < 4.78 is 2.05. The number of quaternary nitrogens is 1. The molecule has 4 rings (SSSR count). The van der Waals surface area contributed by atoms with Gasteiger partial charge < -0.3 is 9.80 Å². The van der Waals surface area contributed by atoms with Gasteiger partial charge in [-0.2, -0.15) is 0 Å². The maximum absolute atomic E-state index is 13.0. The molecular weight excluding hydrogens is 384 g/mol. The number of carbonyl (C=O) groups excluding carboxylic acids is 2. The summed E-state index contributed by atoms with van der Waals surface area (Å²) in [7, 11) is 0. The van der Waals surface area contributed by atoms with Crippen LogP contribution in [0.2, 0.25) is 0 Å². The number of nitrogens with zero attached hydrogens (tertiary/aromatic N) is 3. The molecule has 0 unspecified atom stereocenters. The molecule has 0 radical (unpaired) electrons. The fraction of sp³-hybridized carbons (Fsp3) is 0.318. The second kappa shape index (κ2) is 8.31. The molecule has 1 N–H and O–H groups in total. The molecule has 0 saturated carbocycles. The van der Waals surface area contributed by atoms with E-state index in [9.17, 15) is 9.59 Å². The number of ketones is 1. The maximum Gasteiger partial charge on any atom is 0.254 e. The van der Waals surface area contributed by atoms with Gasteiger partial charge >= 0.3 is 0 Å². The number of hydrogen-bond acceptors (Lipinski definition) is 4. The van der Waals surface area contributed by atoms with Crippen LogP contribution >= 0.6 is 11.3 Å². The van der Waals surface area contributed by atoms with Crippen LogP contribution in [0.3, 0.4) is 0 Å². The van der Waals surface area contributed by atoms with Crippen molar-refractivity contribution in [2.45, 2.75) is 13.8 Å². The molecule has 0 atom stereocenters. The van der Waals surface area contributed by atoms with E-state index >= 15 is 0 Å². The minimum absolute atomic E-state index is 0.0722. The van der Waals surface area contributed by atoms with Gasteiger partial charge in [0.2, 0.25) is 5.78 Å². The van der Waals surface area contributed by atoms with Gasteiger partial charge in [0.05, 0.1) is 26.2 Å². The van der Waals surface area contributed by atoms with Gasteiger partial charge in [0, 0.05) is 34.1 Å². The highest BCUT2D eigenvalue weighted by atomic mass is 32.1. The third-order valence-electron chi connectivity index (χ3n) is 5.53. The Kier molecular flexibility index (Phi) is 5.60. The summed E-state index contributed by atoms with van der Waals surface area (Å²) in [4.78, 5) is 33.1. The third kappa shape index (κ3) is 4.02. The molecular formula is C22H25N4O2S+. The molecule has 3 aromatic rings. The van der Waals surface area contributed by atoms with Crippen molar-refractivity contribution in [3.05, 3.63) is 70.5 Å². The van der Waals surface area contributed by atoms with Gasteiger partial charge in [-0.25, -0.2) is 4.98 Å². The zero-order valence-electron chi connectivity index (χ0n) is 16.7. The normalized spacial score (nSPS) is 14.9. The lowest BCUT2D eigenvalue weighted by molar-refractivity contribution is -0.895. The highest BCUT2D eigenvalue weighted by Crippen LogP contribution is 2.22. The summed E-state index contributed by atoms with van der Waals surface area (Å²) >= 11 is 1.56. The first-order valence-corrected chi connectivity index (χ1v) is 10.7. The van der Waals surface area contributed by atoms with Crippen molar-refractivity contribution >= 4 is 23.0 Å². The minimum atomic E-state index is 0.0722. The Morgan fingerprint density at radius 2 is 1.86 bits per heavy atom. The lowest BCUT2D eigenvalue weighted by Crippen LogP contribution is -3.15. The minimum Gasteiger partial charge on any atom is -0.327 e. The van der Waals surface area contributed by atoms with Crippen molar-refractivity contribution < 1.29 is 14.5 Å². The first kappa shape index (κ1) is 19.5. The number of piperazine rings is 1. The lowest BCUT2D eigenvalue weighted by atomic mass is 10.1. The Hall–Kier alpha value is -2.77. The SMILES string of the molecule is Cc1cc(C(=O)C[NH+]2CCN(C(=O)c3ccccc3)CC2)c(C)n1-c1nccs1. The average molecular weight is 410 g/mol. The maximum atomic E-state index is 13.0. The molecule has 29 heavy (non-hydrogen) atoms. The molecule has 0 aliphatic carbocycles. The number of hydrogen-bond donors (Lipinski definition) is 1. The number of carbonyl (C=O) groups is 2. The Labute approximate surface area is 174 Å². The zero-order chi connectivity index (χ0) is 20.4. The third-order valence-corrected chi connectivity index (χ3v) is 6.29. The van der Waals surface area contributed by atoms with Gasteiger partial charge in [-0.15, -0.1) is 11.3 Å². The van der Waals surface area contributed by atoms with E-state index in [4.69, 9.17) is 0 Å². The summed E-state index contributed by atoms with van der Waals surface area (Å²) in [5, 5.41) is 2.83. The number of thiazole rings is 1. The number of amides is 1. The van der Waals surface area contributed by atoms with E-state index in [0.29, 0.717) is 19.6 Å². The molecule has 3 heterocycles. The molecule has 6 nitrogen and oxygen atoms in total. The van der Waals surface area contributed by atoms with Crippen LogP contribution in [-0.2, 0) is 0 Å². The Bertz CT molecular complexity index is 1000. The van der Waals surface area contributed by atoms with Crippen molar-refractivity contribution in [1.29, 1.82) is 0 Å². The van der Waals surface area contributed by atoms with Crippen LogP contribution in [0.5, 0.6) is 0 Å². The molecule has 0 bridgehead atoms. The quantitative estimate of drug-likeness (QED) is 0.654. The van der Waals surface area contributed by atoms with Crippen molar-refractivity contribution in [2.75, 3.05) is 32.7 Å². The summed E-state index contributed by atoms with van der Waals surface area (Å²) in [6.45, 7) is 7.36. The van der Waals surface area contributed by atoms with Gasteiger partial charge in [-0.3, -0.25) is 14.2 Å². The van der Waals surface area contributed by atoms with Crippen LogP contribution in [-0.4, -0.2) is 58.9 Å². The number of benzene rings is 1. The molecule has 150 valence electrons. The molecule has 0 spiro atoms. The zero-order valence-corrected chi connectivity index (χ0v) is 17.5. The van der Waals surface area contributed by atoms with E-state index < -0.39 is 0 Å². The van der Waals surface area contributed by atoms with Gasteiger partial charge in [0.25, 0.3) is 5.91 Å². The second-order valence-corrected chi connectivity index (χ2v) is 8.32. The molecule has 1 aliphatic rings. The van der Waals surface area contributed by atoms with Gasteiger partial charge in [-0.05, 0) is 32.0 Å². The van der Waals surface area contributed by atoms with Crippen LogP contribution in [0.1, 0.15) is 32.1 Å². The van der Waals surface area contributed by atoms with Crippen molar-refractivity contribution in [1.82, 2.24) is 14.5 Å². The van der Waals surface area contributed by atoms with Gasteiger partial charge in [0.1, 0.15) is 6.54 Å². The summed E-state index contributed by atoms with van der Waals surface area (Å²) in [5.41, 5.74) is 3.46. The van der Waals surface area contributed by atoms with Gasteiger partial charge in [0.15, 0.2) is 5.13 Å². The summed E-state index contributed by atoms with van der Waals surface area (Å²) in [5.74, 6) is 0.224. The van der Waals surface area contributed by atoms with E-state index in [-0.39, 0.29) is 11.7 Å². The first-order chi connectivity index (χ1) is 14.0. The van der Waals surface area contributed by atoms with E-state index in [1.165, 1.54) is 4.90 Å². The van der Waals surface area contributed by atoms with E-state index in [0.717, 1.165) is 40.7 Å². The Balaban J connectivity index is 1.38. The van der Waals surface area contributed by atoms with Crippen LogP contribution in [0.15, 0.2) is 48.0 Å². The predicted octanol–water partition coefficient (Wildman–Crippen LogP) is 1.77. The number of aromatic nitrogens is 2. The van der Waals surface area contributed by atoms with Crippen molar-refractivity contribution in [2.24, 2.45) is 0 Å². The van der Waals surface area contributed by atoms with Crippen molar-refractivity contribution in [3.8, 4) is 5.13 Å². The standard InChI is InChI=1S/C22H24N4O2S/c1-16-14-19(17(2)26(16)22-23-8-13-29-22)20(27)15-24-9-11-25(12-10-24)21(28)18-6-4-3-5-7-18/h3-8,13-14H,9-12,15H2,1-2H3/p+1. The second-order valence-electron chi connectivity index (χ2n) is 7.44. The Morgan fingerprint density at radius 1 is 1.14 bits per heavy atom. The molecule has 2 aromatic heterocycles. The predicted molar refractivity (Wildman–Crippen MR) is 113 cm³/mol. The van der Waals surface area contributed by atoms with Crippen LogP contribution in [0.25, 0.3) is 5.13 Å². The van der Waals surface area contributed by atoms with Crippen molar-refractivity contribution in [3.63, 3.8) is 0 Å². The topological polar surface area (TPSA) is 59.6 Å². The van der Waals surface area contributed by atoms with E-state index in [1.807, 2.05) is 65.1 Å². The van der Waals surface area contributed by atoms with Crippen LogP contribution in [0, 0.1) is 13.8 Å². The highest BCUT2D eigenvalue weighted by molar-refractivity contribution is 7.12. The van der Waals surface area contributed by atoms with E-state index in [2.05, 4.69) is 4.98 Å². The smallest absolute Gasteiger partial charge is 0.254 e. The fourth-order valence-corrected chi connectivity index (χ4v) is 4.71. The molecule has 1 amide bonds. The number of nitrogens with one attached hydrogen (secondary N) is 1.